The molecule has 106 valence electrons. The van der Waals surface area contributed by atoms with E-state index in [0.29, 0.717) is 0 Å². The highest BCUT2D eigenvalue weighted by atomic mass is 16.5. The highest BCUT2D eigenvalue weighted by molar-refractivity contribution is 5.94. The maximum atomic E-state index is 12.0. The molecule has 2 rings (SSSR count). The zero-order valence-corrected chi connectivity index (χ0v) is 11.8. The van der Waals surface area contributed by atoms with E-state index in [1.54, 1.807) is 0 Å². The normalized spacial score (nSPS) is 21.1. The van der Waals surface area contributed by atoms with Crippen LogP contribution in [0.4, 0.5) is 5.69 Å². The molecule has 1 aromatic carbocycles. The molecule has 1 amide bonds. The molecule has 2 atom stereocenters. The number of benzene rings is 1. The van der Waals surface area contributed by atoms with Crippen molar-refractivity contribution in [3.8, 4) is 11.8 Å². The van der Waals surface area contributed by atoms with E-state index in [-0.39, 0.29) is 24.7 Å². The number of nitrogens with one attached hydrogen (secondary N) is 1. The van der Waals surface area contributed by atoms with Crippen molar-refractivity contribution in [3.05, 3.63) is 29.3 Å². The maximum absolute atomic E-state index is 12.0. The summed E-state index contributed by atoms with van der Waals surface area (Å²) in [4.78, 5) is 12.0. The van der Waals surface area contributed by atoms with Gasteiger partial charge in [0.1, 0.15) is 12.7 Å². The Bertz CT molecular complexity index is 557. The number of ether oxygens (including phenoxy) is 1. The van der Waals surface area contributed by atoms with Crippen molar-refractivity contribution < 1.29 is 14.6 Å². The Labute approximate surface area is 119 Å². The minimum atomic E-state index is -0.348. The van der Waals surface area contributed by atoms with E-state index in [0.717, 1.165) is 29.7 Å². The summed E-state index contributed by atoms with van der Waals surface area (Å²) in [7, 11) is 0. The second-order valence-corrected chi connectivity index (χ2v) is 4.99. The highest BCUT2D eigenvalue weighted by Gasteiger charge is 2.28. The lowest BCUT2D eigenvalue weighted by Gasteiger charge is -2.12. The summed E-state index contributed by atoms with van der Waals surface area (Å²) in [5, 5.41) is 11.6. The van der Waals surface area contributed by atoms with E-state index in [1.165, 1.54) is 0 Å². The molecule has 0 saturated carbocycles. The van der Waals surface area contributed by atoms with Gasteiger partial charge in [-0.3, -0.25) is 4.79 Å². The molecule has 0 aromatic heterocycles. The van der Waals surface area contributed by atoms with Gasteiger partial charge < -0.3 is 15.2 Å². The summed E-state index contributed by atoms with van der Waals surface area (Å²) in [6.45, 7) is 3.74. The van der Waals surface area contributed by atoms with Gasteiger partial charge >= 0.3 is 0 Å². The first-order chi connectivity index (χ1) is 9.60. The third-order valence-electron chi connectivity index (χ3n) is 3.32. The lowest BCUT2D eigenvalue weighted by molar-refractivity contribution is -0.126. The van der Waals surface area contributed by atoms with Crippen molar-refractivity contribution in [2.24, 2.45) is 0 Å². The van der Waals surface area contributed by atoms with Crippen LogP contribution in [-0.4, -0.2) is 29.8 Å². The van der Waals surface area contributed by atoms with E-state index in [4.69, 9.17) is 9.84 Å². The minimum Gasteiger partial charge on any atom is -0.384 e. The molecule has 2 unspecified atom stereocenters. The predicted octanol–water partition coefficient (Wildman–Crippen LogP) is 1.84. The number of amides is 1. The topological polar surface area (TPSA) is 58.6 Å². The lowest BCUT2D eigenvalue weighted by Crippen LogP contribution is -2.27. The van der Waals surface area contributed by atoms with Crippen molar-refractivity contribution in [2.45, 2.75) is 38.9 Å². The van der Waals surface area contributed by atoms with Crippen molar-refractivity contribution >= 4 is 11.6 Å². The average Bonchev–Trinajstić information content (AvgIpc) is 2.85. The Morgan fingerprint density at radius 1 is 1.50 bits per heavy atom. The summed E-state index contributed by atoms with van der Waals surface area (Å²) < 4.78 is 5.54. The van der Waals surface area contributed by atoms with Gasteiger partial charge in [0.15, 0.2) is 0 Å². The van der Waals surface area contributed by atoms with Gasteiger partial charge in [0.25, 0.3) is 5.91 Å². The molecule has 1 heterocycles. The van der Waals surface area contributed by atoms with Crippen molar-refractivity contribution in [1.29, 1.82) is 0 Å². The number of hydrogen-bond donors (Lipinski definition) is 2. The first kappa shape index (κ1) is 14.6. The first-order valence-electron chi connectivity index (χ1n) is 6.77. The van der Waals surface area contributed by atoms with Gasteiger partial charge in [0.2, 0.25) is 0 Å². The van der Waals surface area contributed by atoms with Crippen LogP contribution in [-0.2, 0) is 9.53 Å². The zero-order chi connectivity index (χ0) is 14.5. The summed E-state index contributed by atoms with van der Waals surface area (Å²) in [5.74, 6) is 5.39. The second kappa shape index (κ2) is 6.56. The number of aryl methyl sites for hydroxylation is 1. The van der Waals surface area contributed by atoms with Crippen LogP contribution in [0, 0.1) is 18.8 Å². The quantitative estimate of drug-likeness (QED) is 0.808. The van der Waals surface area contributed by atoms with Gasteiger partial charge in [-0.1, -0.05) is 11.8 Å². The van der Waals surface area contributed by atoms with Gasteiger partial charge in [0.05, 0.1) is 6.10 Å². The number of hydrogen-bond acceptors (Lipinski definition) is 3. The molecule has 0 radical (unpaired) electrons. The molecule has 1 fully saturated rings. The molecule has 2 N–H and O–H groups in total. The number of aliphatic hydroxyl groups is 1. The van der Waals surface area contributed by atoms with E-state index >= 15 is 0 Å². The van der Waals surface area contributed by atoms with Gasteiger partial charge in [-0.2, -0.15) is 0 Å². The van der Waals surface area contributed by atoms with Gasteiger partial charge in [-0.05, 0) is 50.5 Å². The van der Waals surface area contributed by atoms with Crippen LogP contribution >= 0.6 is 0 Å². The Kier molecular flexibility index (Phi) is 4.78. The molecule has 0 spiro atoms. The SMILES string of the molecule is Cc1cc(NC(=O)C2CCC(C)O2)ccc1C#CCO. The highest BCUT2D eigenvalue weighted by Crippen LogP contribution is 2.21. The Balaban J connectivity index is 2.03. The monoisotopic (exact) mass is 273 g/mol. The first-order valence-corrected chi connectivity index (χ1v) is 6.77. The number of carbonyl (C=O) groups is 1. The molecular weight excluding hydrogens is 254 g/mol. The Hall–Kier alpha value is -1.83. The van der Waals surface area contributed by atoms with Crippen molar-refractivity contribution in [1.82, 2.24) is 0 Å². The van der Waals surface area contributed by atoms with Gasteiger partial charge in [0, 0.05) is 11.3 Å². The number of carbonyl (C=O) groups excluding carboxylic acids is 1. The number of rotatable bonds is 2. The second-order valence-electron chi connectivity index (χ2n) is 4.99. The van der Waals surface area contributed by atoms with E-state index in [9.17, 15) is 4.79 Å². The smallest absolute Gasteiger partial charge is 0.253 e. The summed E-state index contributed by atoms with van der Waals surface area (Å²) in [6, 6.07) is 5.52. The minimum absolute atomic E-state index is 0.0945. The Morgan fingerprint density at radius 2 is 2.30 bits per heavy atom. The number of aliphatic hydroxyl groups excluding tert-OH is 1. The van der Waals surface area contributed by atoms with E-state index < -0.39 is 0 Å². The fourth-order valence-electron chi connectivity index (χ4n) is 2.23. The maximum Gasteiger partial charge on any atom is 0.253 e. The fraction of sp³-hybridized carbons (Fsp3) is 0.438. The zero-order valence-electron chi connectivity index (χ0n) is 11.8. The van der Waals surface area contributed by atoms with E-state index in [2.05, 4.69) is 17.2 Å². The van der Waals surface area contributed by atoms with Crippen LogP contribution in [0.25, 0.3) is 0 Å². The molecule has 0 bridgehead atoms. The summed E-state index contributed by atoms with van der Waals surface area (Å²) in [5.41, 5.74) is 2.55. The standard InChI is InChI=1S/C16H19NO3/c1-11-10-14(7-6-13(11)4-3-9-18)17-16(19)15-8-5-12(2)20-15/h6-7,10,12,15,18H,5,8-9H2,1-2H3,(H,17,19). The average molecular weight is 273 g/mol. The Morgan fingerprint density at radius 3 is 2.90 bits per heavy atom. The molecule has 0 aliphatic carbocycles. The van der Waals surface area contributed by atoms with Crippen molar-refractivity contribution in [2.75, 3.05) is 11.9 Å². The van der Waals surface area contributed by atoms with Crippen LogP contribution in [0.1, 0.15) is 30.9 Å². The fourth-order valence-corrected chi connectivity index (χ4v) is 2.23. The summed E-state index contributed by atoms with van der Waals surface area (Å²) >= 11 is 0. The predicted molar refractivity (Wildman–Crippen MR) is 77.3 cm³/mol. The molecule has 1 saturated heterocycles. The largest absolute Gasteiger partial charge is 0.384 e. The van der Waals surface area contributed by atoms with Gasteiger partial charge in [-0.15, -0.1) is 0 Å². The van der Waals surface area contributed by atoms with Crippen LogP contribution in [0.3, 0.4) is 0 Å². The molecular formula is C16H19NO3. The molecule has 1 aliphatic heterocycles. The van der Waals surface area contributed by atoms with Gasteiger partial charge in [-0.25, -0.2) is 0 Å². The molecule has 20 heavy (non-hydrogen) atoms. The molecule has 1 aromatic rings. The third-order valence-corrected chi connectivity index (χ3v) is 3.32. The molecule has 1 aliphatic rings. The van der Waals surface area contributed by atoms with Crippen LogP contribution < -0.4 is 5.32 Å². The summed E-state index contributed by atoms with van der Waals surface area (Å²) in [6.07, 6.45) is 1.50. The van der Waals surface area contributed by atoms with Crippen LogP contribution in [0.5, 0.6) is 0 Å². The molecule has 4 nitrogen and oxygen atoms in total. The van der Waals surface area contributed by atoms with Crippen LogP contribution in [0.2, 0.25) is 0 Å². The third kappa shape index (κ3) is 3.60. The van der Waals surface area contributed by atoms with Crippen LogP contribution in [0.15, 0.2) is 18.2 Å². The molecule has 4 heteroatoms. The van der Waals surface area contributed by atoms with Crippen molar-refractivity contribution in [3.63, 3.8) is 0 Å². The lowest BCUT2D eigenvalue weighted by atomic mass is 10.1. The van der Waals surface area contributed by atoms with E-state index in [1.807, 2.05) is 32.0 Å². The number of anilines is 1.